The molecule has 0 saturated carbocycles. The first-order valence-electron chi connectivity index (χ1n) is 8.26. The average Bonchev–Trinajstić information content (AvgIpc) is 2.62. The topological polar surface area (TPSA) is 74.3 Å². The highest BCUT2D eigenvalue weighted by atomic mass is 16.2. The van der Waals surface area contributed by atoms with Gasteiger partial charge in [-0.25, -0.2) is 4.79 Å². The maximum Gasteiger partial charge on any atom is 0.319 e. The maximum absolute atomic E-state index is 12.4. The Morgan fingerprint density at radius 1 is 1.12 bits per heavy atom. The highest BCUT2D eigenvalue weighted by Crippen LogP contribution is 2.18. The maximum atomic E-state index is 12.4. The van der Waals surface area contributed by atoms with Crippen LogP contribution in [0, 0.1) is 0 Å². The molecule has 0 bridgehead atoms. The molecule has 6 nitrogen and oxygen atoms in total. The van der Waals surface area contributed by atoms with E-state index < -0.39 is 0 Å². The van der Waals surface area contributed by atoms with Gasteiger partial charge in [0.25, 0.3) is 0 Å². The van der Waals surface area contributed by atoms with Crippen LogP contribution in [0.1, 0.15) is 30.5 Å². The summed E-state index contributed by atoms with van der Waals surface area (Å²) in [6, 6.07) is 10.7. The van der Waals surface area contributed by atoms with Crippen molar-refractivity contribution >= 4 is 17.6 Å². The van der Waals surface area contributed by atoms with E-state index >= 15 is 0 Å². The molecule has 0 aliphatic carbocycles. The lowest BCUT2D eigenvalue weighted by atomic mass is 10.1. The number of pyridine rings is 1. The van der Waals surface area contributed by atoms with Gasteiger partial charge in [-0.05, 0) is 35.7 Å². The second-order valence-electron chi connectivity index (χ2n) is 5.96. The van der Waals surface area contributed by atoms with Gasteiger partial charge in [-0.15, -0.1) is 0 Å². The molecule has 0 spiro atoms. The molecule has 2 rings (SSSR count). The first-order valence-corrected chi connectivity index (χ1v) is 8.26. The van der Waals surface area contributed by atoms with Crippen LogP contribution in [0.5, 0.6) is 0 Å². The molecule has 0 aliphatic rings. The van der Waals surface area contributed by atoms with Crippen molar-refractivity contribution in [3.63, 3.8) is 0 Å². The molecular formula is C19H24N4O2. The number of hydrogen-bond acceptors (Lipinski definition) is 3. The summed E-state index contributed by atoms with van der Waals surface area (Å²) < 4.78 is 0. The number of aromatic nitrogens is 1. The molecule has 1 atom stereocenters. The Bertz CT molecular complexity index is 716. The smallest absolute Gasteiger partial charge is 0.319 e. The number of para-hydroxylation sites is 1. The monoisotopic (exact) mass is 340 g/mol. The van der Waals surface area contributed by atoms with Gasteiger partial charge >= 0.3 is 6.03 Å². The molecule has 0 unspecified atom stereocenters. The van der Waals surface area contributed by atoms with Gasteiger partial charge in [0.05, 0.1) is 12.5 Å². The Balaban J connectivity index is 2.06. The standard InChI is InChI=1S/C19H24N4O2/c1-4-16(14-9-11-20-12-10-14)21-19(25)22-17-8-6-5-7-15(17)13-18(24)23(2)3/h5-12,16H,4,13H2,1-3H3,(H2,21,22,25)/t16-/m1/s1. The van der Waals surface area contributed by atoms with Crippen LogP contribution in [-0.2, 0) is 11.2 Å². The summed E-state index contributed by atoms with van der Waals surface area (Å²) in [6.07, 6.45) is 4.42. The van der Waals surface area contributed by atoms with Crippen LogP contribution in [-0.4, -0.2) is 35.9 Å². The third kappa shape index (κ3) is 5.31. The lowest BCUT2D eigenvalue weighted by Gasteiger charge is -2.19. The fraction of sp³-hybridized carbons (Fsp3) is 0.316. The second kappa shape index (κ2) is 8.82. The van der Waals surface area contributed by atoms with Crippen molar-refractivity contribution in [2.24, 2.45) is 0 Å². The number of nitrogens with one attached hydrogen (secondary N) is 2. The lowest BCUT2D eigenvalue weighted by molar-refractivity contribution is -0.127. The predicted molar refractivity (Wildman–Crippen MR) is 98.3 cm³/mol. The summed E-state index contributed by atoms with van der Waals surface area (Å²) in [5.74, 6) is -0.0159. The highest BCUT2D eigenvalue weighted by Gasteiger charge is 2.15. The fourth-order valence-electron chi connectivity index (χ4n) is 2.45. The zero-order valence-corrected chi connectivity index (χ0v) is 14.8. The largest absolute Gasteiger partial charge is 0.349 e. The Labute approximate surface area is 148 Å². The van der Waals surface area contributed by atoms with Gasteiger partial charge in [0, 0.05) is 32.2 Å². The molecule has 2 N–H and O–H groups in total. The van der Waals surface area contributed by atoms with E-state index in [1.54, 1.807) is 32.6 Å². The normalized spacial score (nSPS) is 11.5. The zero-order valence-electron chi connectivity index (χ0n) is 14.8. The summed E-state index contributed by atoms with van der Waals surface area (Å²) in [5.41, 5.74) is 2.43. The predicted octanol–water partition coefficient (Wildman–Crippen LogP) is 2.99. The molecule has 0 radical (unpaired) electrons. The van der Waals surface area contributed by atoms with Crippen LogP contribution in [0.25, 0.3) is 0 Å². The van der Waals surface area contributed by atoms with Crippen LogP contribution in [0.4, 0.5) is 10.5 Å². The summed E-state index contributed by atoms with van der Waals surface area (Å²) in [7, 11) is 3.43. The third-order valence-corrected chi connectivity index (χ3v) is 3.93. The minimum Gasteiger partial charge on any atom is -0.349 e. The van der Waals surface area contributed by atoms with Crippen molar-refractivity contribution in [1.82, 2.24) is 15.2 Å². The quantitative estimate of drug-likeness (QED) is 0.849. The number of rotatable bonds is 6. The van der Waals surface area contributed by atoms with Gasteiger partial charge in [-0.1, -0.05) is 25.1 Å². The lowest BCUT2D eigenvalue weighted by Crippen LogP contribution is -2.33. The molecule has 2 aromatic rings. The van der Waals surface area contributed by atoms with Gasteiger partial charge in [0.1, 0.15) is 0 Å². The van der Waals surface area contributed by atoms with Gasteiger partial charge in [0.15, 0.2) is 0 Å². The minimum atomic E-state index is -0.298. The number of carbonyl (C=O) groups excluding carboxylic acids is 2. The van der Waals surface area contributed by atoms with Crippen molar-refractivity contribution in [3.8, 4) is 0 Å². The molecule has 0 fully saturated rings. The summed E-state index contributed by atoms with van der Waals surface area (Å²) in [5, 5.41) is 5.81. The van der Waals surface area contributed by atoms with Crippen LogP contribution in [0.3, 0.4) is 0 Å². The fourth-order valence-corrected chi connectivity index (χ4v) is 2.45. The van der Waals surface area contributed by atoms with Gasteiger partial charge in [-0.3, -0.25) is 9.78 Å². The first kappa shape index (κ1) is 18.4. The Morgan fingerprint density at radius 3 is 2.44 bits per heavy atom. The molecule has 25 heavy (non-hydrogen) atoms. The van der Waals surface area contributed by atoms with Crippen LogP contribution < -0.4 is 10.6 Å². The molecule has 1 heterocycles. The molecule has 0 aliphatic heterocycles. The highest BCUT2D eigenvalue weighted by molar-refractivity contribution is 5.91. The number of nitrogens with zero attached hydrogens (tertiary/aromatic N) is 2. The molecule has 0 saturated heterocycles. The van der Waals surface area contributed by atoms with E-state index in [4.69, 9.17) is 0 Å². The van der Waals surface area contributed by atoms with E-state index in [1.165, 1.54) is 4.90 Å². The first-order chi connectivity index (χ1) is 12.0. The van der Waals surface area contributed by atoms with E-state index in [0.717, 1.165) is 17.5 Å². The van der Waals surface area contributed by atoms with Gasteiger partial charge < -0.3 is 15.5 Å². The van der Waals surface area contributed by atoms with Crippen LogP contribution >= 0.6 is 0 Å². The number of hydrogen-bond donors (Lipinski definition) is 2. The Hall–Kier alpha value is -2.89. The Morgan fingerprint density at radius 2 is 1.80 bits per heavy atom. The van der Waals surface area contributed by atoms with Crippen molar-refractivity contribution in [3.05, 3.63) is 59.9 Å². The van der Waals surface area contributed by atoms with Crippen LogP contribution in [0.2, 0.25) is 0 Å². The van der Waals surface area contributed by atoms with Gasteiger partial charge in [0.2, 0.25) is 5.91 Å². The van der Waals surface area contributed by atoms with Crippen molar-refractivity contribution in [1.29, 1.82) is 0 Å². The number of carbonyl (C=O) groups is 2. The molecular weight excluding hydrogens is 316 g/mol. The number of benzene rings is 1. The van der Waals surface area contributed by atoms with Crippen molar-refractivity contribution < 1.29 is 9.59 Å². The van der Waals surface area contributed by atoms with Crippen LogP contribution in [0.15, 0.2) is 48.8 Å². The summed E-state index contributed by atoms with van der Waals surface area (Å²) >= 11 is 0. The zero-order chi connectivity index (χ0) is 18.2. The molecule has 1 aromatic heterocycles. The van der Waals surface area contributed by atoms with Crippen molar-refractivity contribution in [2.45, 2.75) is 25.8 Å². The number of anilines is 1. The van der Waals surface area contributed by atoms with E-state index in [-0.39, 0.29) is 24.4 Å². The third-order valence-electron chi connectivity index (χ3n) is 3.93. The minimum absolute atomic E-state index is 0.0159. The van der Waals surface area contributed by atoms with E-state index in [9.17, 15) is 9.59 Å². The van der Waals surface area contributed by atoms with Gasteiger partial charge in [-0.2, -0.15) is 0 Å². The number of likely N-dealkylation sites (N-methyl/N-ethyl adjacent to an activating group) is 1. The SMILES string of the molecule is CC[C@@H](NC(=O)Nc1ccccc1CC(=O)N(C)C)c1ccncc1. The average molecular weight is 340 g/mol. The Kier molecular flexibility index (Phi) is 6.51. The van der Waals surface area contributed by atoms with Crippen molar-refractivity contribution in [2.75, 3.05) is 19.4 Å². The van der Waals surface area contributed by atoms with E-state index in [1.807, 2.05) is 37.3 Å². The van der Waals surface area contributed by atoms with E-state index in [0.29, 0.717) is 5.69 Å². The summed E-state index contributed by atoms with van der Waals surface area (Å²) in [4.78, 5) is 29.9. The molecule has 3 amide bonds. The second-order valence-corrected chi connectivity index (χ2v) is 5.96. The summed E-state index contributed by atoms with van der Waals surface area (Å²) in [6.45, 7) is 2.01. The molecule has 132 valence electrons. The number of amides is 3. The molecule has 6 heteroatoms. The molecule has 1 aromatic carbocycles. The van der Waals surface area contributed by atoms with E-state index in [2.05, 4.69) is 15.6 Å². The number of urea groups is 1.